The summed E-state index contributed by atoms with van der Waals surface area (Å²) in [5, 5.41) is 25.6. The van der Waals surface area contributed by atoms with Gasteiger partial charge >= 0.3 is 0 Å². The molecule has 0 aliphatic carbocycles. The van der Waals surface area contributed by atoms with Crippen molar-refractivity contribution in [3.05, 3.63) is 144 Å². The van der Waals surface area contributed by atoms with E-state index >= 15 is 0 Å². The van der Waals surface area contributed by atoms with Gasteiger partial charge in [-0.2, -0.15) is 0 Å². The molecule has 4 aromatic rings. The summed E-state index contributed by atoms with van der Waals surface area (Å²) >= 11 is 0. The topological polar surface area (TPSA) is 125 Å². The molecule has 76 heavy (non-hydrogen) atoms. The van der Waals surface area contributed by atoms with Crippen molar-refractivity contribution in [2.45, 2.75) is 108 Å². The van der Waals surface area contributed by atoms with Gasteiger partial charge in [-0.3, -0.25) is 4.79 Å². The van der Waals surface area contributed by atoms with Crippen LogP contribution in [0.2, 0.25) is 0 Å². The molecule has 1 aliphatic rings. The maximum atomic E-state index is 13.4. The van der Waals surface area contributed by atoms with Gasteiger partial charge in [0.15, 0.2) is 6.29 Å². The maximum absolute atomic E-state index is 13.4. The number of carbonyl (C=O) groups excluding carboxylic acids is 1. The molecule has 3 N–H and O–H groups in total. The van der Waals surface area contributed by atoms with Crippen molar-refractivity contribution < 1.29 is 74.8 Å². The fourth-order valence-electron chi connectivity index (χ4n) is 7.21. The summed E-state index contributed by atoms with van der Waals surface area (Å²) in [5.74, 6) is 51.0. The summed E-state index contributed by atoms with van der Waals surface area (Å²) in [6, 6.07) is 37.8. The van der Waals surface area contributed by atoms with Crippen molar-refractivity contribution in [2.24, 2.45) is 0 Å². The van der Waals surface area contributed by atoms with Gasteiger partial charge in [-0.1, -0.05) is 148 Å². The Labute approximate surface area is 481 Å². The Morgan fingerprint density at radius 3 is 1.41 bits per heavy atom. The van der Waals surface area contributed by atoms with Gasteiger partial charge < -0.3 is 44.0 Å². The average molecular weight is 1050 g/mol. The normalized spacial score (nSPS) is 16.6. The zero-order chi connectivity index (χ0) is 53.5. The van der Waals surface area contributed by atoms with E-state index in [4.69, 9.17) is 34.8 Å². The molecule has 0 radical (unpaired) electrons. The third kappa shape index (κ3) is 22.9. The Hall–Kier alpha value is -8.81. The summed E-state index contributed by atoms with van der Waals surface area (Å²) in [5.41, 5.74) is 3.73. The number of terminal acetylenes is 1. The first-order valence-corrected chi connectivity index (χ1v) is 24.4. The smallest absolute Gasteiger partial charge is 0.297 e. The number of unbranched alkanes of at least 4 members (excludes halogenated alkanes) is 2. The van der Waals surface area contributed by atoms with Crippen molar-refractivity contribution in [3.8, 4) is 131 Å². The molecule has 8 atom stereocenters. The molecule has 422 valence electrons. The zero-order valence-corrected chi connectivity index (χ0v) is 42.1. The second kappa shape index (κ2) is 36.2. The van der Waals surface area contributed by atoms with E-state index in [1.54, 1.807) is 0 Å². The summed E-state index contributed by atoms with van der Waals surface area (Å²) in [6.45, 7) is 2.69. The van der Waals surface area contributed by atoms with E-state index in [-0.39, 0.29) is 70.8 Å². The molecule has 0 saturated carbocycles. The van der Waals surface area contributed by atoms with E-state index in [0.29, 0.717) is 13.0 Å². The van der Waals surface area contributed by atoms with Gasteiger partial charge in [0.25, 0.3) is 5.91 Å². The van der Waals surface area contributed by atoms with Crippen molar-refractivity contribution in [1.29, 1.82) is 0 Å². The van der Waals surface area contributed by atoms with Gasteiger partial charge in [0.1, 0.15) is 30.5 Å². The second-order valence-corrected chi connectivity index (χ2v) is 16.4. The molecule has 1 saturated heterocycles. The molecule has 1 fully saturated rings. The van der Waals surface area contributed by atoms with E-state index < -0.39 is 54.9 Å². The molecular weight excluding hydrogens is 951 g/mol. The summed E-state index contributed by atoms with van der Waals surface area (Å²) in [4.78, 5) is 13.4. The lowest BCUT2D eigenvalue weighted by molar-refractivity contribution is -0.329. The van der Waals surface area contributed by atoms with Crippen molar-refractivity contribution in [2.75, 3.05) is 13.2 Å². The van der Waals surface area contributed by atoms with E-state index in [9.17, 15) is 15.0 Å². The number of hydrogen-bond acceptors (Lipinski definition) is 9. The van der Waals surface area contributed by atoms with Crippen molar-refractivity contribution in [1.82, 2.24) is 5.32 Å². The Balaban J connectivity index is -0.000000182. The van der Waals surface area contributed by atoms with E-state index in [0.717, 1.165) is 35.1 Å². The zero-order valence-electron chi connectivity index (χ0n) is 42.1. The number of hydrogen-bond donors (Lipinski definition) is 3. The maximum Gasteiger partial charge on any atom is 0.297 e. The van der Waals surface area contributed by atoms with Crippen LogP contribution in [0.3, 0.4) is 0 Å². The molecule has 5 rings (SSSR count). The minimum Gasteiger partial charge on any atom is -0.390 e. The number of carbonyl (C=O) groups is 1. The molecule has 4 aromatic carbocycles. The first kappa shape index (κ1) is 58.1. The van der Waals surface area contributed by atoms with Crippen LogP contribution in [0.4, 0.5) is 0 Å². The number of nitrogens with one attached hydrogen (secondary N) is 1. The Kier molecular flexibility index (Phi) is 27.6. The Morgan fingerprint density at radius 2 is 0.961 bits per heavy atom. The van der Waals surface area contributed by atoms with Crippen LogP contribution in [0.25, 0.3) is 0 Å². The standard InChI is InChI=1S/C66H55NO9.22H2/c1-3-5-7-8-9-10-11-12-13-14-15-16-17-18-19-20-21-22-23-37-47-61(69)67-58(62(70)59(68)46-28-6-4-2)52-75-66-65(74-51-57-44-35-27-36-45-57)64(73-50-56-42-33-26-34-43-56)63(72-49-55-40-31-25-32-41-55)60(76-66)53-71-48-54-38-29-24-30-39-54;;;;;;;;;;;;;;;;;;;;;;/h1,24-27,29-36,38-45,58-60,62-66,68,70H,4,6,28,46,48-53H2,2H3,(H,67,69);22*1H/t58-,59+,60?,62-,63?,64?,65?,66?;;;;;;;;;;;;;;;;;;;;;;/m0....................../s1. The Bertz CT molecular complexity index is 3240. The lowest BCUT2D eigenvalue weighted by Gasteiger charge is -2.46. The van der Waals surface area contributed by atoms with Crippen molar-refractivity contribution >= 4 is 5.91 Å². The monoisotopic (exact) mass is 1050 g/mol. The highest BCUT2D eigenvalue weighted by atomic mass is 16.7. The van der Waals surface area contributed by atoms with Crippen LogP contribution in [-0.2, 0) is 59.6 Å². The van der Waals surface area contributed by atoms with Gasteiger partial charge in [0.05, 0.1) is 51.8 Å². The number of aliphatic hydroxyl groups is 2. The van der Waals surface area contributed by atoms with Gasteiger partial charge in [-0.15, -0.1) is 6.42 Å². The molecule has 1 aliphatic heterocycles. The molecule has 0 aromatic heterocycles. The molecule has 5 unspecified atom stereocenters. The lowest BCUT2D eigenvalue weighted by Crippen LogP contribution is -2.62. The molecule has 10 nitrogen and oxygen atoms in total. The lowest BCUT2D eigenvalue weighted by atomic mass is 9.97. The summed E-state index contributed by atoms with van der Waals surface area (Å²) in [7, 11) is 0. The number of ether oxygens (including phenoxy) is 6. The molecule has 0 bridgehead atoms. The van der Waals surface area contributed by atoms with Crippen molar-refractivity contribution in [3.63, 3.8) is 0 Å². The van der Waals surface area contributed by atoms with Crippen LogP contribution < -0.4 is 5.32 Å². The third-order valence-corrected chi connectivity index (χ3v) is 10.9. The molecule has 1 heterocycles. The van der Waals surface area contributed by atoms with E-state index in [1.165, 1.54) is 0 Å². The van der Waals surface area contributed by atoms with E-state index in [2.05, 4.69) is 130 Å². The van der Waals surface area contributed by atoms with Crippen LogP contribution in [0.1, 0.15) is 86.2 Å². The number of aliphatic hydroxyl groups excluding tert-OH is 2. The Morgan fingerprint density at radius 1 is 0.553 bits per heavy atom. The molecule has 0 spiro atoms. The van der Waals surface area contributed by atoms with Gasteiger partial charge in [0.2, 0.25) is 0 Å². The summed E-state index contributed by atoms with van der Waals surface area (Å²) < 4.78 is 40.1. The quantitative estimate of drug-likeness (QED) is 0.0492. The first-order valence-electron chi connectivity index (χ1n) is 24.4. The number of benzene rings is 4. The predicted octanol–water partition coefficient (Wildman–Crippen LogP) is 11.6. The van der Waals surface area contributed by atoms with E-state index in [1.807, 2.05) is 128 Å². The first-order chi connectivity index (χ1) is 37.4. The van der Waals surface area contributed by atoms with Crippen LogP contribution in [-0.4, -0.2) is 78.3 Å². The highest BCUT2D eigenvalue weighted by molar-refractivity contribution is 5.94. The number of amides is 1. The predicted molar refractivity (Wildman–Crippen MR) is 337 cm³/mol. The van der Waals surface area contributed by atoms with Gasteiger partial charge in [0, 0.05) is 61.0 Å². The SMILES string of the molecule is C#CC#CC#CC#CC#CC#CC#CC#CC#CC#CC#CC(=O)N[C@@H](COC1OC(COCc2ccccc2)C(OCc2ccccc2)C(OCc2ccccc2)C1OCc1ccccc1)[C@H](O)[C@H](O)CCCCC.[HH].[HH].[HH].[HH].[HH].[HH].[HH].[HH].[HH].[HH].[HH].[HH].[HH].[HH].[HH].[HH].[HH].[HH].[HH].[HH].[HH].[HH]. The van der Waals surface area contributed by atoms with Crippen LogP contribution >= 0.6 is 0 Å². The molecule has 1 amide bonds. The van der Waals surface area contributed by atoms with Crippen LogP contribution in [0, 0.1) is 131 Å². The second-order valence-electron chi connectivity index (χ2n) is 16.4. The fraction of sp³-hybridized carbons (Fsp3) is 0.288. The summed E-state index contributed by atoms with van der Waals surface area (Å²) in [6.07, 6.45) is 0.633. The molecule has 10 heteroatoms. The minimum absolute atomic E-state index is 0. The highest BCUT2D eigenvalue weighted by Gasteiger charge is 2.49. The fourth-order valence-corrected chi connectivity index (χ4v) is 7.21. The molecular formula is C66H99NO9. The number of rotatable bonds is 23. The highest BCUT2D eigenvalue weighted by Crippen LogP contribution is 2.32. The largest absolute Gasteiger partial charge is 0.390 e. The third-order valence-electron chi connectivity index (χ3n) is 10.9. The van der Waals surface area contributed by atoms with Gasteiger partial charge in [-0.05, 0) is 123 Å². The minimum atomic E-state index is -1.46. The van der Waals surface area contributed by atoms with Crippen LogP contribution in [0.5, 0.6) is 0 Å². The van der Waals surface area contributed by atoms with Gasteiger partial charge in [-0.25, -0.2) is 0 Å². The van der Waals surface area contributed by atoms with Crippen LogP contribution in [0.15, 0.2) is 121 Å². The average Bonchev–Trinajstić information content (AvgIpc) is 0.789.